The molecule has 4 amide bonds. The molecule has 12 nitrogen and oxygen atoms in total. The number of fused-ring (bicyclic) bond motifs is 6. The van der Waals surface area contributed by atoms with Gasteiger partial charge in [0.1, 0.15) is 34.9 Å². The lowest BCUT2D eigenvalue weighted by Crippen LogP contribution is -2.52. The zero-order chi connectivity index (χ0) is 36.4. The van der Waals surface area contributed by atoms with E-state index in [1.807, 2.05) is 74.5 Å². The molecular formula is C38H43N7O5S2. The third-order valence-electron chi connectivity index (χ3n) is 9.85. The summed E-state index contributed by atoms with van der Waals surface area (Å²) in [5, 5.41) is 12.2. The van der Waals surface area contributed by atoms with E-state index in [-0.39, 0.29) is 35.8 Å². The van der Waals surface area contributed by atoms with Crippen LogP contribution in [0.4, 0.5) is 0 Å². The lowest BCUT2D eigenvalue weighted by atomic mass is 10.0. The summed E-state index contributed by atoms with van der Waals surface area (Å²) in [6.45, 7) is 6.28. The molecule has 5 heterocycles. The molecule has 7 rings (SSSR count). The number of thioether (sulfide) groups is 1. The minimum atomic E-state index is -0.897. The summed E-state index contributed by atoms with van der Waals surface area (Å²) >= 11 is 2.75. The highest BCUT2D eigenvalue weighted by atomic mass is 32.2. The molecule has 3 N–H and O–H groups in total. The Balaban J connectivity index is 1.26. The van der Waals surface area contributed by atoms with Gasteiger partial charge in [0.2, 0.25) is 23.6 Å². The van der Waals surface area contributed by atoms with E-state index in [4.69, 9.17) is 19.7 Å². The van der Waals surface area contributed by atoms with Crippen LogP contribution in [0, 0.1) is 5.92 Å². The van der Waals surface area contributed by atoms with Gasteiger partial charge in [-0.1, -0.05) is 74.5 Å². The molecule has 0 unspecified atom stereocenters. The summed E-state index contributed by atoms with van der Waals surface area (Å²) in [7, 11) is 0. The monoisotopic (exact) mass is 741 g/mol. The number of carbonyl (C=O) groups is 4. The number of benzene rings is 2. The molecule has 3 aromatic rings. The van der Waals surface area contributed by atoms with Gasteiger partial charge in [-0.15, -0.1) is 23.1 Å². The number of carbonyl (C=O) groups excluding carboxylic acids is 4. The summed E-state index contributed by atoms with van der Waals surface area (Å²) in [6, 6.07) is 15.6. The van der Waals surface area contributed by atoms with Gasteiger partial charge in [0.05, 0.1) is 17.1 Å². The normalized spacial score (nSPS) is 28.2. The molecule has 7 atom stereocenters. The fraction of sp³-hybridized carbons (Fsp3) is 0.447. The second-order valence-corrected chi connectivity index (χ2v) is 15.9. The van der Waals surface area contributed by atoms with Crippen LogP contribution >= 0.6 is 23.1 Å². The summed E-state index contributed by atoms with van der Waals surface area (Å²) in [5.41, 5.74) is 2.06. The van der Waals surface area contributed by atoms with Crippen LogP contribution in [0.15, 0.2) is 76.0 Å². The molecule has 1 aromatic heterocycles. The number of hydrogen-bond acceptors (Lipinski definition) is 10. The van der Waals surface area contributed by atoms with Gasteiger partial charge in [-0.25, -0.2) is 9.98 Å². The first-order valence-corrected chi connectivity index (χ1v) is 19.7. The van der Waals surface area contributed by atoms with Crippen LogP contribution in [0.2, 0.25) is 0 Å². The fourth-order valence-corrected chi connectivity index (χ4v) is 9.17. The van der Waals surface area contributed by atoms with E-state index in [0.29, 0.717) is 41.1 Å². The summed E-state index contributed by atoms with van der Waals surface area (Å²) in [6.07, 6.45) is 1.53. The van der Waals surface area contributed by atoms with Crippen molar-refractivity contribution in [2.75, 3.05) is 12.3 Å². The third-order valence-corrected chi connectivity index (χ3v) is 11.9. The summed E-state index contributed by atoms with van der Waals surface area (Å²) in [4.78, 5) is 71.9. The average molecular weight is 742 g/mol. The predicted molar refractivity (Wildman–Crippen MR) is 201 cm³/mol. The van der Waals surface area contributed by atoms with E-state index in [9.17, 15) is 19.2 Å². The van der Waals surface area contributed by atoms with E-state index in [1.54, 1.807) is 17.2 Å². The molecule has 14 heteroatoms. The van der Waals surface area contributed by atoms with Gasteiger partial charge in [-0.05, 0) is 43.2 Å². The minimum Gasteiger partial charge on any atom is -0.474 e. The van der Waals surface area contributed by atoms with E-state index in [1.165, 1.54) is 23.1 Å². The average Bonchev–Trinajstić information content (AvgIpc) is 3.97. The van der Waals surface area contributed by atoms with Crippen molar-refractivity contribution < 1.29 is 23.9 Å². The molecule has 0 spiro atoms. The fourth-order valence-electron chi connectivity index (χ4n) is 7.05. The van der Waals surface area contributed by atoms with Gasteiger partial charge in [-0.3, -0.25) is 24.2 Å². The lowest BCUT2D eigenvalue weighted by molar-refractivity contribution is -0.133. The van der Waals surface area contributed by atoms with Crippen LogP contribution in [0.1, 0.15) is 66.3 Å². The first-order valence-electron chi connectivity index (χ1n) is 17.8. The molecule has 4 aliphatic rings. The second-order valence-electron chi connectivity index (χ2n) is 14.0. The van der Waals surface area contributed by atoms with Crippen LogP contribution in [0.5, 0.6) is 0 Å². The molecular weight excluding hydrogens is 699 g/mol. The maximum absolute atomic E-state index is 14.4. The highest BCUT2D eigenvalue weighted by molar-refractivity contribution is 8.14. The van der Waals surface area contributed by atoms with Crippen molar-refractivity contribution in [3.05, 3.63) is 87.9 Å². The number of aliphatic imine (C=N–C) groups is 2. The molecule has 4 aliphatic heterocycles. The Morgan fingerprint density at radius 3 is 2.27 bits per heavy atom. The molecule has 272 valence electrons. The largest absolute Gasteiger partial charge is 0.474 e. The molecule has 0 aliphatic carbocycles. The number of aromatic nitrogens is 1. The Bertz CT molecular complexity index is 1870. The van der Waals surface area contributed by atoms with Gasteiger partial charge in [0.15, 0.2) is 6.04 Å². The summed E-state index contributed by atoms with van der Waals surface area (Å²) in [5.74, 6) is -0.510. The van der Waals surface area contributed by atoms with Gasteiger partial charge in [0, 0.05) is 24.1 Å². The lowest BCUT2D eigenvalue weighted by Gasteiger charge is -2.29. The highest BCUT2D eigenvalue weighted by Crippen LogP contribution is 2.29. The number of rotatable bonds is 5. The highest BCUT2D eigenvalue weighted by Gasteiger charge is 2.44. The number of hydrogen-bond donors (Lipinski definition) is 3. The van der Waals surface area contributed by atoms with Crippen molar-refractivity contribution in [1.82, 2.24) is 25.8 Å². The van der Waals surface area contributed by atoms with Gasteiger partial charge >= 0.3 is 0 Å². The Morgan fingerprint density at radius 2 is 1.58 bits per heavy atom. The number of nitrogens with zero attached hydrogens (tertiary/aromatic N) is 4. The van der Waals surface area contributed by atoms with E-state index < -0.39 is 48.3 Å². The molecule has 2 aromatic carbocycles. The zero-order valence-corrected chi connectivity index (χ0v) is 31.0. The number of amides is 4. The molecule has 6 bridgehead atoms. The number of nitrogens with one attached hydrogen (secondary N) is 3. The SMILES string of the molecule is CC(C)[C@@H]1NC(=O)[C@H]2N=C(O[C@@H]2C)[C@@H]2CCCN2C(=O)[C@@H](Cc2ccccc2)NC(=O)c2csc(n2)[C@H](Cc2ccccc2)NC(=O)[C@@H]2CSC1=N2. The van der Waals surface area contributed by atoms with Crippen molar-refractivity contribution in [3.63, 3.8) is 0 Å². The van der Waals surface area contributed by atoms with Crippen molar-refractivity contribution in [3.8, 4) is 0 Å². The standard InChI is InChI=1S/C38H43N7O5S2/c1-21(2)30-37-42-28(20-52-37)32(46)39-25(17-23-11-6-4-7-12-23)36-41-27(19-51-36)33(47)40-26(18-24-13-8-5-9-14-24)38(49)45-16-10-15-29(45)35-44-31(22(3)50-35)34(48)43-30/h4-9,11-14,19,21-22,25-26,28-31H,10,15-18,20H2,1-3H3,(H,39,46)(H,40,47)(H,43,48)/t22-,25+,26-,28+,29+,30+,31+/m1/s1. The molecule has 1 fully saturated rings. The van der Waals surface area contributed by atoms with Crippen LogP contribution < -0.4 is 16.0 Å². The van der Waals surface area contributed by atoms with Crippen molar-refractivity contribution in [2.24, 2.45) is 15.9 Å². The van der Waals surface area contributed by atoms with Gasteiger partial charge in [0.25, 0.3) is 5.91 Å². The quantitative estimate of drug-likeness (QED) is 0.360. The topological polar surface area (TPSA) is 154 Å². The maximum atomic E-state index is 14.4. The van der Waals surface area contributed by atoms with Gasteiger partial charge < -0.3 is 25.6 Å². The Hall–Kier alpha value is -4.56. The smallest absolute Gasteiger partial charge is 0.271 e. The second kappa shape index (κ2) is 15.6. The first-order chi connectivity index (χ1) is 25.1. The van der Waals surface area contributed by atoms with Crippen molar-refractivity contribution in [1.29, 1.82) is 0 Å². The number of thiazole rings is 1. The van der Waals surface area contributed by atoms with Crippen LogP contribution in [0.25, 0.3) is 0 Å². The summed E-state index contributed by atoms with van der Waals surface area (Å²) < 4.78 is 6.20. The third kappa shape index (κ3) is 7.77. The van der Waals surface area contributed by atoms with Crippen LogP contribution in [-0.4, -0.2) is 93.1 Å². The minimum absolute atomic E-state index is 0.00574. The van der Waals surface area contributed by atoms with Crippen molar-refractivity contribution in [2.45, 2.75) is 88.8 Å². The zero-order valence-electron chi connectivity index (χ0n) is 29.4. The van der Waals surface area contributed by atoms with Gasteiger partial charge in [-0.2, -0.15) is 0 Å². The first kappa shape index (κ1) is 35.8. The maximum Gasteiger partial charge on any atom is 0.271 e. The Morgan fingerprint density at radius 1 is 0.885 bits per heavy atom. The van der Waals surface area contributed by atoms with Crippen LogP contribution in [0.3, 0.4) is 0 Å². The predicted octanol–water partition coefficient (Wildman–Crippen LogP) is 3.73. The Labute approximate surface area is 311 Å². The van der Waals surface area contributed by atoms with E-state index in [0.717, 1.165) is 17.5 Å². The Kier molecular flexibility index (Phi) is 10.7. The van der Waals surface area contributed by atoms with E-state index >= 15 is 0 Å². The molecule has 0 radical (unpaired) electrons. The van der Waals surface area contributed by atoms with Crippen molar-refractivity contribution >= 4 is 57.7 Å². The van der Waals surface area contributed by atoms with Crippen LogP contribution in [-0.2, 0) is 32.0 Å². The number of ether oxygens (including phenoxy) is 1. The molecule has 1 saturated heterocycles. The molecule has 0 saturated carbocycles. The van der Waals surface area contributed by atoms with E-state index in [2.05, 4.69) is 16.0 Å². The molecule has 52 heavy (non-hydrogen) atoms.